The molecule has 0 aromatic carbocycles. The number of aromatic nitrogens is 2. The first-order valence-corrected chi connectivity index (χ1v) is 9.07. The molecule has 8 bridgehead atoms. The molecule has 0 fully saturated rings. The summed E-state index contributed by atoms with van der Waals surface area (Å²) in [5, 5.41) is 1.47. The minimum Gasteiger partial charge on any atom is -0.357 e. The summed E-state index contributed by atoms with van der Waals surface area (Å²) in [7, 11) is 0. The number of aromatic amines is 2. The van der Waals surface area contributed by atoms with Gasteiger partial charge in [-0.05, 0) is 66.8 Å². The van der Waals surface area contributed by atoms with E-state index in [4.69, 9.17) is 23.2 Å². The molecule has 3 aliphatic heterocycles. The third-order valence-electron chi connectivity index (χ3n) is 4.47. The molecule has 0 saturated carbocycles. The fourth-order valence-electron chi connectivity index (χ4n) is 3.21. The van der Waals surface area contributed by atoms with E-state index in [2.05, 4.69) is 20.0 Å². The molecule has 0 saturated heterocycles. The van der Waals surface area contributed by atoms with Gasteiger partial charge in [0.25, 0.3) is 0 Å². The van der Waals surface area contributed by atoms with Crippen LogP contribution in [-0.4, -0.2) is 26.4 Å². The molecule has 2 aromatic heterocycles. The van der Waals surface area contributed by atoms with Crippen LogP contribution in [-0.2, 0) is 0 Å². The Morgan fingerprint density at radius 3 is 2.62 bits per heavy atom. The molecule has 0 aliphatic carbocycles. The zero-order valence-electron chi connectivity index (χ0n) is 13.6. The van der Waals surface area contributed by atoms with Crippen LogP contribution in [0, 0.1) is 0 Å². The van der Waals surface area contributed by atoms with Gasteiger partial charge in [0.1, 0.15) is 5.38 Å². The number of hydrogen-bond acceptors (Lipinski definition) is 2. The number of nitrogens with one attached hydrogen (secondary N) is 2. The van der Waals surface area contributed by atoms with Gasteiger partial charge in [0.15, 0.2) is 5.00 Å². The molecule has 0 radical (unpaired) electrons. The Morgan fingerprint density at radius 1 is 0.885 bits per heavy atom. The highest BCUT2D eigenvalue weighted by Crippen LogP contribution is 2.42. The second-order valence-electron chi connectivity index (χ2n) is 6.43. The topological polar surface area (TPSA) is 56.3 Å². The van der Waals surface area contributed by atoms with E-state index >= 15 is 0 Å². The lowest BCUT2D eigenvalue weighted by Crippen LogP contribution is -2.20. The van der Waals surface area contributed by atoms with Crippen molar-refractivity contribution < 1.29 is 0 Å². The number of alkyl halides is 2. The van der Waals surface area contributed by atoms with E-state index in [0.29, 0.717) is 0 Å². The summed E-state index contributed by atoms with van der Waals surface area (Å²) in [6.07, 6.45) is 13.6. The molecule has 26 heavy (non-hydrogen) atoms. The van der Waals surface area contributed by atoms with E-state index in [9.17, 15) is 0 Å². The van der Waals surface area contributed by atoms with Gasteiger partial charge in [-0.1, -0.05) is 11.6 Å². The van der Waals surface area contributed by atoms with Gasteiger partial charge in [-0.3, -0.25) is 4.99 Å². The van der Waals surface area contributed by atoms with Crippen molar-refractivity contribution >= 4 is 46.8 Å². The van der Waals surface area contributed by atoms with E-state index in [1.54, 1.807) is 0 Å². The molecule has 4 nitrogen and oxygen atoms in total. The van der Waals surface area contributed by atoms with Crippen LogP contribution in [0.15, 0.2) is 70.3 Å². The number of aliphatic imine (C=N–C) groups is 2. The highest BCUT2D eigenvalue weighted by Gasteiger charge is 2.37. The van der Waals surface area contributed by atoms with Gasteiger partial charge < -0.3 is 9.97 Å². The average molecular weight is 381 g/mol. The summed E-state index contributed by atoms with van der Waals surface area (Å²) in [5.74, 6) is 0. The summed E-state index contributed by atoms with van der Waals surface area (Å²) in [5.41, 5.74) is 4.23. The predicted octanol–water partition coefficient (Wildman–Crippen LogP) is 3.09. The molecule has 2 N–H and O–H groups in total. The van der Waals surface area contributed by atoms with Crippen LogP contribution in [0.2, 0.25) is 0 Å². The Hall–Kier alpha value is -2.56. The van der Waals surface area contributed by atoms with Crippen LogP contribution in [0.4, 0.5) is 0 Å². The SMILES string of the molecule is ClC1c2ccc([nH]2)C=c2ccc([nH]2)=CC2=NC(=CC3=NC1(Cl)C=C3)C=C2. The Kier molecular flexibility index (Phi) is 3.45. The van der Waals surface area contributed by atoms with Gasteiger partial charge in [-0.2, -0.15) is 0 Å². The number of fused-ring (bicyclic) bond motifs is 6. The summed E-state index contributed by atoms with van der Waals surface area (Å²) >= 11 is 13.3. The van der Waals surface area contributed by atoms with Crippen LogP contribution >= 0.6 is 23.2 Å². The maximum absolute atomic E-state index is 6.69. The van der Waals surface area contributed by atoms with E-state index in [-0.39, 0.29) is 0 Å². The van der Waals surface area contributed by atoms with Crippen LogP contribution in [0.1, 0.15) is 16.8 Å². The van der Waals surface area contributed by atoms with Gasteiger partial charge in [0, 0.05) is 22.1 Å². The van der Waals surface area contributed by atoms with Crippen molar-refractivity contribution in [1.29, 1.82) is 0 Å². The maximum atomic E-state index is 6.69. The highest BCUT2D eigenvalue weighted by atomic mass is 35.5. The first-order chi connectivity index (χ1) is 12.6. The first kappa shape index (κ1) is 15.7. The van der Waals surface area contributed by atoms with Crippen molar-refractivity contribution in [3.05, 3.63) is 82.4 Å². The van der Waals surface area contributed by atoms with Crippen molar-refractivity contribution in [3.63, 3.8) is 0 Å². The molecule has 2 unspecified atom stereocenters. The molecular weight excluding hydrogens is 367 g/mol. The molecule has 2 aromatic rings. The smallest absolute Gasteiger partial charge is 0.174 e. The van der Waals surface area contributed by atoms with Crippen molar-refractivity contribution in [2.45, 2.75) is 10.4 Å². The van der Waals surface area contributed by atoms with Crippen LogP contribution in [0.3, 0.4) is 0 Å². The normalized spacial score (nSPS) is 26.1. The Balaban J connectivity index is 1.71. The third-order valence-corrected chi connectivity index (χ3v) is 5.58. The summed E-state index contributed by atoms with van der Waals surface area (Å²) in [4.78, 5) is 14.9. The summed E-state index contributed by atoms with van der Waals surface area (Å²) in [6, 6.07) is 7.97. The van der Waals surface area contributed by atoms with Crippen LogP contribution in [0.5, 0.6) is 0 Å². The summed E-state index contributed by atoms with van der Waals surface area (Å²) < 4.78 is 0. The van der Waals surface area contributed by atoms with Crippen molar-refractivity contribution in [3.8, 4) is 0 Å². The molecular formula is C20H14Cl2N4. The van der Waals surface area contributed by atoms with Crippen LogP contribution in [0.25, 0.3) is 12.2 Å². The number of rotatable bonds is 0. The first-order valence-electron chi connectivity index (χ1n) is 8.25. The lowest BCUT2D eigenvalue weighted by molar-refractivity contribution is 0.705. The quantitative estimate of drug-likeness (QED) is 0.521. The number of hydrogen-bond donors (Lipinski definition) is 2. The third kappa shape index (κ3) is 2.71. The number of allylic oxidation sites excluding steroid dienone is 4. The van der Waals surface area contributed by atoms with Gasteiger partial charge in [-0.25, -0.2) is 4.99 Å². The minimum atomic E-state index is -1.02. The van der Waals surface area contributed by atoms with Gasteiger partial charge in [0.2, 0.25) is 0 Å². The number of halogens is 2. The summed E-state index contributed by atoms with van der Waals surface area (Å²) in [6.45, 7) is 0. The molecule has 128 valence electrons. The van der Waals surface area contributed by atoms with E-state index in [1.807, 2.05) is 66.8 Å². The van der Waals surface area contributed by atoms with E-state index in [1.165, 1.54) is 0 Å². The Morgan fingerprint density at radius 2 is 1.73 bits per heavy atom. The second kappa shape index (κ2) is 5.73. The fourth-order valence-corrected chi connectivity index (χ4v) is 3.73. The number of nitrogens with zero attached hydrogens (tertiary/aromatic N) is 2. The predicted molar refractivity (Wildman–Crippen MR) is 107 cm³/mol. The minimum absolute atomic E-state index is 0.517. The van der Waals surface area contributed by atoms with Crippen LogP contribution < -0.4 is 10.7 Å². The second-order valence-corrected chi connectivity index (χ2v) is 7.47. The largest absolute Gasteiger partial charge is 0.357 e. The Labute approximate surface area is 159 Å². The van der Waals surface area contributed by atoms with Crippen molar-refractivity contribution in [1.82, 2.24) is 9.97 Å². The molecule has 6 heteroatoms. The van der Waals surface area contributed by atoms with E-state index < -0.39 is 10.4 Å². The van der Waals surface area contributed by atoms with Crippen molar-refractivity contribution in [2.24, 2.45) is 9.98 Å². The molecule has 2 atom stereocenters. The zero-order valence-corrected chi connectivity index (χ0v) is 15.1. The van der Waals surface area contributed by atoms with Gasteiger partial charge >= 0.3 is 0 Å². The lowest BCUT2D eigenvalue weighted by Gasteiger charge is -2.21. The lowest BCUT2D eigenvalue weighted by atomic mass is 10.1. The molecule has 5 heterocycles. The zero-order chi connectivity index (χ0) is 17.7. The average Bonchev–Trinajstić information content (AvgIpc) is 3.38. The molecule has 5 rings (SSSR count). The number of H-pyrrole nitrogens is 2. The van der Waals surface area contributed by atoms with Gasteiger partial charge in [0.05, 0.1) is 17.1 Å². The maximum Gasteiger partial charge on any atom is 0.174 e. The van der Waals surface area contributed by atoms with E-state index in [0.717, 1.165) is 39.2 Å². The molecule has 0 amide bonds. The fraction of sp³-hybridized carbons (Fsp3) is 0.100. The standard InChI is InChI=1S/C20H14Cl2N4/c21-19-18-6-5-16(25-18)10-14-2-1-12(23-14)9-13-3-4-15(24-13)11-17-7-8-20(19,22)26-17/h1-11,19,23,25H. The monoisotopic (exact) mass is 380 g/mol. The molecule has 0 spiro atoms. The Bertz CT molecular complexity index is 1170. The van der Waals surface area contributed by atoms with Crippen molar-refractivity contribution in [2.75, 3.05) is 0 Å². The van der Waals surface area contributed by atoms with Gasteiger partial charge in [-0.15, -0.1) is 11.6 Å². The highest BCUT2D eigenvalue weighted by molar-refractivity contribution is 6.35. The molecule has 3 aliphatic rings.